The Morgan fingerprint density at radius 2 is 2.12 bits per heavy atom. The van der Waals surface area contributed by atoms with Crippen LogP contribution in [0.25, 0.3) is 21.6 Å². The lowest BCUT2D eigenvalue weighted by Crippen LogP contribution is -2.27. The van der Waals surface area contributed by atoms with Crippen molar-refractivity contribution >= 4 is 39.1 Å². The van der Waals surface area contributed by atoms with Gasteiger partial charge in [0.05, 0.1) is 10.4 Å². The van der Waals surface area contributed by atoms with Crippen molar-refractivity contribution in [3.63, 3.8) is 0 Å². The molecule has 2 aromatic heterocycles. The maximum Gasteiger partial charge on any atom is 0.323 e. The predicted octanol–water partition coefficient (Wildman–Crippen LogP) is 3.35. The van der Waals surface area contributed by atoms with Gasteiger partial charge in [-0.15, -0.1) is 11.3 Å². The molecule has 0 atom stereocenters. The number of carboxylic acids is 1. The smallest absolute Gasteiger partial charge is 0.323 e. The van der Waals surface area contributed by atoms with Crippen molar-refractivity contribution in [1.82, 2.24) is 9.55 Å². The highest BCUT2D eigenvalue weighted by atomic mass is 35.5. The largest absolute Gasteiger partial charge is 0.480 e. The van der Waals surface area contributed by atoms with E-state index in [1.165, 1.54) is 20.8 Å². The minimum atomic E-state index is -1.08. The SMILES string of the molecule is O=C(O)Cn1c(-c2ccccc2Cl)nc2sc3c(c2c1=O)CCC3. The molecule has 0 aliphatic heterocycles. The molecule has 3 aromatic rings. The number of hydrogen-bond acceptors (Lipinski definition) is 4. The van der Waals surface area contributed by atoms with Gasteiger partial charge in [0.15, 0.2) is 0 Å². The Labute approximate surface area is 146 Å². The number of aliphatic carboxylic acids is 1. The van der Waals surface area contributed by atoms with Gasteiger partial charge in [0.1, 0.15) is 17.2 Å². The van der Waals surface area contributed by atoms with Gasteiger partial charge in [-0.05, 0) is 37.0 Å². The second-order valence-electron chi connectivity index (χ2n) is 5.74. The molecule has 1 aliphatic rings. The topological polar surface area (TPSA) is 72.2 Å². The number of carboxylic acid groups (broad SMARTS) is 1. The molecule has 1 aliphatic carbocycles. The molecule has 0 saturated heterocycles. The molecule has 0 saturated carbocycles. The third kappa shape index (κ3) is 2.34. The van der Waals surface area contributed by atoms with Crippen LogP contribution in [-0.4, -0.2) is 20.6 Å². The number of hydrogen-bond donors (Lipinski definition) is 1. The van der Waals surface area contributed by atoms with Gasteiger partial charge in [0.25, 0.3) is 5.56 Å². The van der Waals surface area contributed by atoms with Crippen LogP contribution in [0.2, 0.25) is 5.02 Å². The minimum Gasteiger partial charge on any atom is -0.480 e. The maximum atomic E-state index is 13.0. The molecule has 0 radical (unpaired) electrons. The predicted molar refractivity (Wildman–Crippen MR) is 94.0 cm³/mol. The van der Waals surface area contributed by atoms with Crippen LogP contribution >= 0.6 is 22.9 Å². The molecule has 4 rings (SSSR count). The Morgan fingerprint density at radius 1 is 1.33 bits per heavy atom. The summed E-state index contributed by atoms with van der Waals surface area (Å²) in [5.74, 6) is -0.779. The summed E-state index contributed by atoms with van der Waals surface area (Å²) in [4.78, 5) is 30.8. The molecule has 0 fully saturated rings. The van der Waals surface area contributed by atoms with Crippen LogP contribution in [0.15, 0.2) is 29.1 Å². The van der Waals surface area contributed by atoms with Crippen molar-refractivity contribution in [2.24, 2.45) is 0 Å². The molecule has 1 N–H and O–H groups in total. The molecule has 24 heavy (non-hydrogen) atoms. The summed E-state index contributed by atoms with van der Waals surface area (Å²) in [6.45, 7) is -0.438. The zero-order chi connectivity index (χ0) is 16.8. The quantitative estimate of drug-likeness (QED) is 0.777. The monoisotopic (exact) mass is 360 g/mol. The average molecular weight is 361 g/mol. The van der Waals surface area contributed by atoms with Gasteiger partial charge in [-0.3, -0.25) is 14.2 Å². The lowest BCUT2D eigenvalue weighted by atomic mass is 10.1. The second-order valence-corrected chi connectivity index (χ2v) is 7.23. The van der Waals surface area contributed by atoms with E-state index in [2.05, 4.69) is 4.98 Å². The number of carbonyl (C=O) groups is 1. The zero-order valence-corrected chi connectivity index (χ0v) is 14.2. The Kier molecular flexibility index (Phi) is 3.66. The van der Waals surface area contributed by atoms with E-state index in [9.17, 15) is 14.7 Å². The van der Waals surface area contributed by atoms with Crippen molar-refractivity contribution in [1.29, 1.82) is 0 Å². The number of halogens is 1. The highest BCUT2D eigenvalue weighted by molar-refractivity contribution is 7.18. The van der Waals surface area contributed by atoms with Gasteiger partial charge in [-0.2, -0.15) is 0 Å². The molecule has 0 amide bonds. The van der Waals surface area contributed by atoms with Gasteiger partial charge < -0.3 is 5.11 Å². The van der Waals surface area contributed by atoms with Gasteiger partial charge in [-0.25, -0.2) is 4.98 Å². The molecule has 0 spiro atoms. The summed E-state index contributed by atoms with van der Waals surface area (Å²) < 4.78 is 1.22. The standard InChI is InChI=1S/C17H13ClN2O3S/c18-11-6-2-1-4-9(11)15-19-16-14(10-5-3-7-12(10)24-16)17(23)20(15)8-13(21)22/h1-2,4,6H,3,5,7-8H2,(H,21,22). The van der Waals surface area contributed by atoms with Crippen molar-refractivity contribution in [3.8, 4) is 11.4 Å². The first-order valence-corrected chi connectivity index (χ1v) is 8.77. The number of thiophene rings is 1. The van der Waals surface area contributed by atoms with Crippen molar-refractivity contribution < 1.29 is 9.90 Å². The Morgan fingerprint density at radius 3 is 2.88 bits per heavy atom. The van der Waals surface area contributed by atoms with Crippen molar-refractivity contribution in [2.45, 2.75) is 25.8 Å². The number of fused-ring (bicyclic) bond motifs is 3. The third-order valence-electron chi connectivity index (χ3n) is 4.23. The van der Waals surface area contributed by atoms with Crippen LogP contribution in [0.3, 0.4) is 0 Å². The van der Waals surface area contributed by atoms with Gasteiger partial charge in [0.2, 0.25) is 0 Å². The van der Waals surface area contributed by atoms with Crippen LogP contribution in [0, 0.1) is 0 Å². The molecule has 0 unspecified atom stereocenters. The van der Waals surface area contributed by atoms with E-state index in [-0.39, 0.29) is 5.56 Å². The maximum absolute atomic E-state index is 13.0. The van der Waals surface area contributed by atoms with E-state index in [1.807, 2.05) is 0 Å². The van der Waals surface area contributed by atoms with Crippen LogP contribution in [-0.2, 0) is 24.2 Å². The second kappa shape index (κ2) is 5.72. The highest BCUT2D eigenvalue weighted by Gasteiger charge is 2.24. The molecule has 0 bridgehead atoms. The summed E-state index contributed by atoms with van der Waals surface area (Å²) in [7, 11) is 0. The lowest BCUT2D eigenvalue weighted by molar-refractivity contribution is -0.137. The normalized spacial score (nSPS) is 13.4. The van der Waals surface area contributed by atoms with Crippen LogP contribution < -0.4 is 5.56 Å². The molecule has 5 nitrogen and oxygen atoms in total. The summed E-state index contributed by atoms with van der Waals surface area (Å²) in [6, 6.07) is 7.02. The van der Waals surface area contributed by atoms with Crippen LogP contribution in [0.1, 0.15) is 16.9 Å². The third-order valence-corrected chi connectivity index (χ3v) is 5.75. The van der Waals surface area contributed by atoms with E-state index in [1.54, 1.807) is 24.3 Å². The molecule has 2 heterocycles. The van der Waals surface area contributed by atoms with Crippen LogP contribution in [0.5, 0.6) is 0 Å². The molecular weight excluding hydrogens is 348 g/mol. The minimum absolute atomic E-state index is 0.295. The fourth-order valence-electron chi connectivity index (χ4n) is 3.21. The molecule has 7 heteroatoms. The van der Waals surface area contributed by atoms with Gasteiger partial charge >= 0.3 is 5.97 Å². The van der Waals surface area contributed by atoms with Gasteiger partial charge in [-0.1, -0.05) is 23.7 Å². The highest BCUT2D eigenvalue weighted by Crippen LogP contribution is 2.36. The average Bonchev–Trinajstić information content (AvgIpc) is 3.10. The van der Waals surface area contributed by atoms with E-state index in [0.29, 0.717) is 26.6 Å². The lowest BCUT2D eigenvalue weighted by Gasteiger charge is -2.12. The van der Waals surface area contributed by atoms with E-state index in [0.717, 1.165) is 24.8 Å². The first kappa shape index (κ1) is 15.4. The first-order chi connectivity index (χ1) is 11.6. The van der Waals surface area contributed by atoms with E-state index >= 15 is 0 Å². The van der Waals surface area contributed by atoms with Gasteiger partial charge in [0, 0.05) is 10.4 Å². The van der Waals surface area contributed by atoms with Crippen LogP contribution in [0.4, 0.5) is 0 Å². The Hall–Kier alpha value is -2.18. The first-order valence-electron chi connectivity index (χ1n) is 7.58. The molecule has 1 aromatic carbocycles. The number of aryl methyl sites for hydroxylation is 2. The number of aromatic nitrogens is 2. The summed E-state index contributed by atoms with van der Waals surface area (Å²) >= 11 is 7.77. The fourth-order valence-corrected chi connectivity index (χ4v) is 4.68. The number of rotatable bonds is 3. The number of benzene rings is 1. The van der Waals surface area contributed by atoms with Crippen molar-refractivity contribution in [3.05, 3.63) is 50.1 Å². The summed E-state index contributed by atoms with van der Waals surface area (Å²) in [5.41, 5.74) is 1.31. The van der Waals surface area contributed by atoms with E-state index in [4.69, 9.17) is 11.6 Å². The fraction of sp³-hybridized carbons (Fsp3) is 0.235. The Bertz CT molecular complexity index is 1040. The Balaban J connectivity index is 2.07. The summed E-state index contributed by atoms with van der Waals surface area (Å²) in [6.07, 6.45) is 2.84. The zero-order valence-electron chi connectivity index (χ0n) is 12.6. The molecule has 122 valence electrons. The van der Waals surface area contributed by atoms with E-state index < -0.39 is 12.5 Å². The molecular formula is C17H13ClN2O3S. The van der Waals surface area contributed by atoms with Crippen molar-refractivity contribution in [2.75, 3.05) is 0 Å². The number of nitrogens with zero attached hydrogens (tertiary/aromatic N) is 2. The summed E-state index contributed by atoms with van der Waals surface area (Å²) in [5, 5.41) is 10.2.